The van der Waals surface area contributed by atoms with Crippen molar-refractivity contribution < 1.29 is 14.4 Å². The maximum absolute atomic E-state index is 13.8. The zero-order valence-electron chi connectivity index (χ0n) is 20.8. The Morgan fingerprint density at radius 1 is 1.03 bits per heavy atom. The van der Waals surface area contributed by atoms with Gasteiger partial charge in [-0.1, -0.05) is 43.3 Å². The molecule has 0 aromatic heterocycles. The van der Waals surface area contributed by atoms with Gasteiger partial charge in [0, 0.05) is 30.5 Å². The summed E-state index contributed by atoms with van der Waals surface area (Å²) in [5, 5.41) is 5.96. The normalized spacial score (nSPS) is 18.0. The molecule has 4 amide bonds. The van der Waals surface area contributed by atoms with Crippen LogP contribution < -0.4 is 15.5 Å². The van der Waals surface area contributed by atoms with E-state index in [2.05, 4.69) is 15.5 Å². The van der Waals surface area contributed by atoms with Gasteiger partial charge in [-0.3, -0.25) is 9.59 Å². The van der Waals surface area contributed by atoms with Gasteiger partial charge in [-0.15, -0.1) is 0 Å². The summed E-state index contributed by atoms with van der Waals surface area (Å²) in [6, 6.07) is 17.4. The van der Waals surface area contributed by atoms with Crippen LogP contribution in [0, 0.1) is 6.92 Å². The third-order valence-electron chi connectivity index (χ3n) is 7.20. The van der Waals surface area contributed by atoms with Crippen LogP contribution in [0.15, 0.2) is 54.6 Å². The Kier molecular flexibility index (Phi) is 7.28. The average Bonchev–Trinajstić information content (AvgIpc) is 3.12. The smallest absolute Gasteiger partial charge is 0.321 e. The number of likely N-dealkylation sites (tertiary alicyclic amines) is 1. The highest BCUT2D eigenvalue weighted by Gasteiger charge is 2.54. The Hall–Kier alpha value is -3.55. The highest BCUT2D eigenvalue weighted by atomic mass is 16.2. The minimum absolute atomic E-state index is 0.0335. The third-order valence-corrected chi connectivity index (χ3v) is 7.20. The molecule has 8 nitrogen and oxygen atoms in total. The summed E-state index contributed by atoms with van der Waals surface area (Å²) in [6.07, 6.45) is 1.84. The number of para-hydroxylation sites is 2. The minimum Gasteiger partial charge on any atom is -0.352 e. The van der Waals surface area contributed by atoms with Gasteiger partial charge in [-0.05, 0) is 56.9 Å². The molecule has 186 valence electrons. The molecule has 0 radical (unpaired) electrons. The first-order valence-corrected chi connectivity index (χ1v) is 12.4. The minimum atomic E-state index is -0.766. The number of nitrogens with zero attached hydrogens (tertiary/aromatic N) is 3. The maximum atomic E-state index is 13.8. The Labute approximate surface area is 207 Å². The number of anilines is 2. The quantitative estimate of drug-likeness (QED) is 0.666. The van der Waals surface area contributed by atoms with Crippen molar-refractivity contribution >= 4 is 29.2 Å². The van der Waals surface area contributed by atoms with Crippen LogP contribution in [0.1, 0.15) is 38.7 Å². The van der Waals surface area contributed by atoms with Crippen LogP contribution in [0.3, 0.4) is 0 Å². The van der Waals surface area contributed by atoms with E-state index in [1.54, 1.807) is 9.80 Å². The van der Waals surface area contributed by atoms with Crippen LogP contribution in [0.5, 0.6) is 0 Å². The van der Waals surface area contributed by atoms with Gasteiger partial charge in [0.2, 0.25) is 5.91 Å². The maximum Gasteiger partial charge on any atom is 0.321 e. The molecular formula is C27H35N5O3. The summed E-state index contributed by atoms with van der Waals surface area (Å²) in [6.45, 7) is 7.24. The fourth-order valence-corrected chi connectivity index (χ4v) is 4.91. The third kappa shape index (κ3) is 5.11. The number of piperidine rings is 1. The summed E-state index contributed by atoms with van der Waals surface area (Å²) in [4.78, 5) is 44.8. The van der Waals surface area contributed by atoms with E-state index in [1.165, 1.54) is 0 Å². The number of benzene rings is 2. The first-order chi connectivity index (χ1) is 16.8. The molecule has 0 bridgehead atoms. The molecule has 0 saturated carbocycles. The summed E-state index contributed by atoms with van der Waals surface area (Å²) < 4.78 is 0. The fourth-order valence-electron chi connectivity index (χ4n) is 4.91. The van der Waals surface area contributed by atoms with Gasteiger partial charge < -0.3 is 25.3 Å². The molecule has 2 heterocycles. The van der Waals surface area contributed by atoms with E-state index in [1.807, 2.05) is 75.4 Å². The van der Waals surface area contributed by atoms with Crippen LogP contribution in [-0.2, 0) is 9.59 Å². The molecule has 1 atom stereocenters. The molecular weight excluding hydrogens is 442 g/mol. The molecule has 2 saturated heterocycles. The summed E-state index contributed by atoms with van der Waals surface area (Å²) >= 11 is 0. The number of aryl methyl sites for hydroxylation is 1. The fraction of sp³-hybridized carbons (Fsp3) is 0.444. The van der Waals surface area contributed by atoms with Crippen molar-refractivity contribution in [2.45, 2.75) is 51.6 Å². The number of amides is 4. The predicted molar refractivity (Wildman–Crippen MR) is 137 cm³/mol. The van der Waals surface area contributed by atoms with Crippen LogP contribution in [0.25, 0.3) is 0 Å². The Morgan fingerprint density at radius 3 is 2.34 bits per heavy atom. The van der Waals surface area contributed by atoms with E-state index >= 15 is 0 Å². The second-order valence-electron chi connectivity index (χ2n) is 9.55. The number of rotatable bonds is 6. The van der Waals surface area contributed by atoms with E-state index in [0.29, 0.717) is 32.6 Å². The molecule has 2 aliphatic heterocycles. The van der Waals surface area contributed by atoms with Gasteiger partial charge in [0.05, 0.1) is 6.67 Å². The second kappa shape index (κ2) is 10.4. The second-order valence-corrected chi connectivity index (χ2v) is 9.55. The lowest BCUT2D eigenvalue weighted by atomic mass is 9.85. The Balaban J connectivity index is 1.49. The topological polar surface area (TPSA) is 85.0 Å². The molecule has 0 unspecified atom stereocenters. The Bertz CT molecular complexity index is 1070. The molecule has 4 rings (SSSR count). The molecule has 8 heteroatoms. The van der Waals surface area contributed by atoms with Crippen molar-refractivity contribution in [3.8, 4) is 0 Å². The van der Waals surface area contributed by atoms with Gasteiger partial charge in [0.15, 0.2) is 0 Å². The highest BCUT2D eigenvalue weighted by Crippen LogP contribution is 2.39. The summed E-state index contributed by atoms with van der Waals surface area (Å²) in [7, 11) is 0. The molecule has 0 aliphatic carbocycles. The molecule has 2 aromatic rings. The van der Waals surface area contributed by atoms with Gasteiger partial charge in [0.1, 0.15) is 12.1 Å². The predicted octanol–water partition coefficient (Wildman–Crippen LogP) is 3.58. The van der Waals surface area contributed by atoms with Crippen molar-refractivity contribution in [3.05, 3.63) is 60.2 Å². The van der Waals surface area contributed by atoms with Crippen LogP contribution >= 0.6 is 0 Å². The standard InChI is InChI=1S/C27H35N5O3/c1-4-21(3)28-24(33)18-31-19-32(22-11-6-5-7-12-22)27(25(31)34)14-16-30(17-15-27)26(35)29-23-13-9-8-10-20(23)2/h5-13,21H,4,14-19H2,1-3H3,(H,28,33)(H,29,35)/t21-/m0/s1. The highest BCUT2D eigenvalue weighted by molar-refractivity contribution is 5.97. The number of hydrogen-bond acceptors (Lipinski definition) is 4. The molecule has 2 fully saturated rings. The zero-order chi connectivity index (χ0) is 25.0. The number of urea groups is 1. The van der Waals surface area contributed by atoms with Crippen LogP contribution in [0.4, 0.5) is 16.2 Å². The van der Waals surface area contributed by atoms with Crippen molar-refractivity contribution in [1.29, 1.82) is 0 Å². The lowest BCUT2D eigenvalue weighted by Crippen LogP contribution is -2.58. The first kappa shape index (κ1) is 24.6. The van der Waals surface area contributed by atoms with E-state index in [-0.39, 0.29) is 30.4 Å². The summed E-state index contributed by atoms with van der Waals surface area (Å²) in [5.74, 6) is -0.188. The molecule has 2 aromatic carbocycles. The number of carbonyl (C=O) groups is 3. The lowest BCUT2D eigenvalue weighted by molar-refractivity contribution is -0.137. The molecule has 1 spiro atoms. The van der Waals surface area contributed by atoms with Gasteiger partial charge in [0.25, 0.3) is 5.91 Å². The van der Waals surface area contributed by atoms with Crippen LogP contribution in [0.2, 0.25) is 0 Å². The zero-order valence-corrected chi connectivity index (χ0v) is 20.8. The lowest BCUT2D eigenvalue weighted by Gasteiger charge is -2.43. The largest absolute Gasteiger partial charge is 0.352 e. The first-order valence-electron chi connectivity index (χ1n) is 12.4. The molecule has 35 heavy (non-hydrogen) atoms. The molecule has 2 aliphatic rings. The van der Waals surface area contributed by atoms with Crippen LogP contribution in [-0.4, -0.2) is 65.5 Å². The van der Waals surface area contributed by atoms with Gasteiger partial charge in [-0.2, -0.15) is 0 Å². The average molecular weight is 478 g/mol. The van der Waals surface area contributed by atoms with Crippen molar-refractivity contribution in [3.63, 3.8) is 0 Å². The monoisotopic (exact) mass is 477 g/mol. The Morgan fingerprint density at radius 2 is 1.69 bits per heavy atom. The number of carbonyl (C=O) groups excluding carboxylic acids is 3. The summed E-state index contributed by atoms with van der Waals surface area (Å²) in [5.41, 5.74) is 1.97. The SMILES string of the molecule is CC[C@H](C)NC(=O)CN1CN(c2ccccc2)C2(CCN(C(=O)Nc3ccccc3C)CC2)C1=O. The van der Waals surface area contributed by atoms with Crippen molar-refractivity contribution in [2.24, 2.45) is 0 Å². The van der Waals surface area contributed by atoms with Crippen molar-refractivity contribution in [2.75, 3.05) is 36.5 Å². The van der Waals surface area contributed by atoms with E-state index in [9.17, 15) is 14.4 Å². The van der Waals surface area contributed by atoms with E-state index in [0.717, 1.165) is 23.4 Å². The van der Waals surface area contributed by atoms with Gasteiger partial charge >= 0.3 is 6.03 Å². The number of nitrogens with one attached hydrogen (secondary N) is 2. The van der Waals surface area contributed by atoms with E-state index < -0.39 is 5.54 Å². The van der Waals surface area contributed by atoms with Gasteiger partial charge in [-0.25, -0.2) is 4.79 Å². The van der Waals surface area contributed by atoms with E-state index in [4.69, 9.17) is 0 Å². The van der Waals surface area contributed by atoms with Crippen molar-refractivity contribution in [1.82, 2.24) is 15.1 Å². The molecule has 2 N–H and O–H groups in total. The number of hydrogen-bond donors (Lipinski definition) is 2.